The first-order valence-electron chi connectivity index (χ1n) is 6.75. The van der Waals surface area contributed by atoms with Gasteiger partial charge in [-0.15, -0.1) is 4.40 Å². The Morgan fingerprint density at radius 1 is 1.38 bits per heavy atom. The fraction of sp³-hybridized carbons (Fsp3) is 0.500. The molecule has 1 atom stereocenters. The molecule has 0 spiro atoms. The molecule has 6 nitrogen and oxygen atoms in total. The van der Waals surface area contributed by atoms with Gasteiger partial charge in [0.25, 0.3) is 10.0 Å². The molecule has 7 heteroatoms. The van der Waals surface area contributed by atoms with Crippen LogP contribution in [0.2, 0.25) is 0 Å². The van der Waals surface area contributed by atoms with Crippen LogP contribution >= 0.6 is 0 Å². The van der Waals surface area contributed by atoms with Crippen molar-refractivity contribution >= 4 is 16.0 Å². The molecule has 0 amide bonds. The van der Waals surface area contributed by atoms with Crippen LogP contribution in [0.5, 0.6) is 0 Å². The molecule has 2 rings (SSSR count). The second-order valence-electron chi connectivity index (χ2n) is 5.60. The second kappa shape index (κ2) is 6.03. The number of rotatable bonds is 4. The summed E-state index contributed by atoms with van der Waals surface area (Å²) in [5.41, 5.74) is 0.0993. The first-order chi connectivity index (χ1) is 9.81. The van der Waals surface area contributed by atoms with E-state index in [0.717, 1.165) is 5.56 Å². The number of sulfonamides is 1. The van der Waals surface area contributed by atoms with E-state index in [1.165, 1.54) is 0 Å². The molecule has 116 valence electrons. The van der Waals surface area contributed by atoms with Gasteiger partial charge in [-0.05, 0) is 25.8 Å². The van der Waals surface area contributed by atoms with Crippen LogP contribution in [0.1, 0.15) is 31.9 Å². The molecule has 0 unspecified atom stereocenters. The molecule has 1 aromatic rings. The Balaban J connectivity index is 2.23. The molecule has 1 aliphatic heterocycles. The zero-order valence-electron chi connectivity index (χ0n) is 12.1. The summed E-state index contributed by atoms with van der Waals surface area (Å²) in [6.45, 7) is 3.37. The molecule has 0 saturated carbocycles. The Kier molecular flexibility index (Phi) is 4.53. The lowest BCUT2D eigenvalue weighted by atomic mass is 10.0. The quantitative estimate of drug-likeness (QED) is 0.872. The number of hydrogen-bond donors (Lipinski definition) is 2. The lowest BCUT2D eigenvalue weighted by molar-refractivity contribution is 0.105. The smallest absolute Gasteiger partial charge is 0.301 e. The van der Waals surface area contributed by atoms with Crippen molar-refractivity contribution in [2.75, 3.05) is 12.4 Å². The van der Waals surface area contributed by atoms with Crippen molar-refractivity contribution in [2.45, 2.75) is 31.9 Å². The number of benzene rings is 1. The van der Waals surface area contributed by atoms with Crippen molar-refractivity contribution < 1.29 is 18.3 Å². The zero-order chi connectivity index (χ0) is 15.5. The lowest BCUT2D eigenvalue weighted by Crippen LogP contribution is -2.45. The first-order valence-corrected chi connectivity index (χ1v) is 8.36. The average Bonchev–Trinajstić information content (AvgIpc) is 2.35. The maximum absolute atomic E-state index is 11.8. The summed E-state index contributed by atoms with van der Waals surface area (Å²) in [6.07, 6.45) is 0.423. The summed E-state index contributed by atoms with van der Waals surface area (Å²) in [5.74, 6) is -0.152. The summed E-state index contributed by atoms with van der Waals surface area (Å²) >= 11 is 0. The van der Waals surface area contributed by atoms with E-state index in [2.05, 4.69) is 9.71 Å². The minimum atomic E-state index is -3.54. The standard InChI is InChI=1S/C14H20N2O4S/c1-14(2)10-21(18,19)16-13(20-14)15-12(8-9-17)11-6-4-3-5-7-11/h3-7,12,17H,8-10H2,1-2H3,(H,15,16)/t12-/m0/s1. The summed E-state index contributed by atoms with van der Waals surface area (Å²) in [4.78, 5) is 0. The van der Waals surface area contributed by atoms with Crippen LogP contribution < -0.4 is 5.32 Å². The Morgan fingerprint density at radius 2 is 2.05 bits per heavy atom. The van der Waals surface area contributed by atoms with Crippen LogP contribution in [0.3, 0.4) is 0 Å². The monoisotopic (exact) mass is 312 g/mol. The van der Waals surface area contributed by atoms with E-state index < -0.39 is 15.6 Å². The minimum Gasteiger partial charge on any atom is -0.457 e. The maximum Gasteiger partial charge on any atom is 0.301 e. The van der Waals surface area contributed by atoms with Crippen LogP contribution in [-0.4, -0.2) is 37.5 Å². The molecule has 0 radical (unpaired) electrons. The molecule has 1 aliphatic rings. The molecule has 0 aromatic heterocycles. The highest BCUT2D eigenvalue weighted by molar-refractivity contribution is 7.90. The van der Waals surface area contributed by atoms with E-state index in [4.69, 9.17) is 4.74 Å². The van der Waals surface area contributed by atoms with E-state index in [9.17, 15) is 13.5 Å². The van der Waals surface area contributed by atoms with Crippen molar-refractivity contribution in [1.29, 1.82) is 0 Å². The largest absolute Gasteiger partial charge is 0.457 e. The van der Waals surface area contributed by atoms with Gasteiger partial charge in [0.1, 0.15) is 11.4 Å². The van der Waals surface area contributed by atoms with Gasteiger partial charge in [0.05, 0.1) is 6.04 Å². The molecule has 0 bridgehead atoms. The zero-order valence-corrected chi connectivity index (χ0v) is 12.9. The van der Waals surface area contributed by atoms with E-state index >= 15 is 0 Å². The summed E-state index contributed by atoms with van der Waals surface area (Å²) in [5, 5.41) is 12.2. The van der Waals surface area contributed by atoms with Crippen molar-refractivity contribution in [2.24, 2.45) is 4.40 Å². The van der Waals surface area contributed by atoms with Gasteiger partial charge in [-0.2, -0.15) is 0 Å². The molecular weight excluding hydrogens is 292 g/mol. The fourth-order valence-electron chi connectivity index (χ4n) is 2.25. The third-order valence-electron chi connectivity index (χ3n) is 3.04. The number of amidine groups is 1. The number of ether oxygens (including phenoxy) is 1. The van der Waals surface area contributed by atoms with Crippen LogP contribution in [0.15, 0.2) is 34.7 Å². The Labute approximate surface area is 124 Å². The third-order valence-corrected chi connectivity index (χ3v) is 4.55. The highest BCUT2D eigenvalue weighted by Gasteiger charge is 2.35. The summed E-state index contributed by atoms with van der Waals surface area (Å²) < 4.78 is 32.8. The van der Waals surface area contributed by atoms with Crippen LogP contribution in [-0.2, 0) is 14.8 Å². The van der Waals surface area contributed by atoms with Crippen LogP contribution in [0.4, 0.5) is 0 Å². The van der Waals surface area contributed by atoms with Crippen molar-refractivity contribution in [3.8, 4) is 0 Å². The molecular formula is C14H20N2O4S. The lowest BCUT2D eigenvalue weighted by Gasteiger charge is -2.31. The van der Waals surface area contributed by atoms with Gasteiger partial charge in [-0.3, -0.25) is 0 Å². The van der Waals surface area contributed by atoms with Crippen molar-refractivity contribution in [3.05, 3.63) is 35.9 Å². The van der Waals surface area contributed by atoms with Crippen molar-refractivity contribution in [3.63, 3.8) is 0 Å². The number of nitrogens with one attached hydrogen (secondary N) is 1. The topological polar surface area (TPSA) is 88.0 Å². The number of aliphatic hydroxyl groups is 1. The van der Waals surface area contributed by atoms with Gasteiger partial charge in [-0.1, -0.05) is 30.3 Å². The molecule has 21 heavy (non-hydrogen) atoms. The minimum absolute atomic E-state index is 0.0199. The molecule has 1 heterocycles. The SMILES string of the molecule is CC1(C)CS(=O)(=O)N=C(N[C@@H](CCO)c2ccccc2)O1. The normalized spacial score (nSPS) is 21.0. The maximum atomic E-state index is 11.8. The van der Waals surface area contributed by atoms with Gasteiger partial charge in [0.2, 0.25) is 0 Å². The molecule has 0 aliphatic carbocycles. The highest BCUT2D eigenvalue weighted by atomic mass is 32.2. The molecule has 0 fully saturated rings. The first kappa shape index (κ1) is 15.8. The summed E-state index contributed by atoms with van der Waals surface area (Å²) in [6, 6.07) is 9.17. The fourth-order valence-corrected chi connectivity index (χ4v) is 3.59. The van der Waals surface area contributed by atoms with Gasteiger partial charge < -0.3 is 15.2 Å². The van der Waals surface area contributed by atoms with Crippen LogP contribution in [0, 0.1) is 0 Å². The Bertz CT molecular complexity index is 611. The highest BCUT2D eigenvalue weighted by Crippen LogP contribution is 2.22. The molecule has 1 aromatic carbocycles. The second-order valence-corrected chi connectivity index (χ2v) is 7.24. The van der Waals surface area contributed by atoms with E-state index in [0.29, 0.717) is 6.42 Å². The third kappa shape index (κ3) is 4.44. The number of nitrogens with zero attached hydrogens (tertiary/aromatic N) is 1. The predicted molar refractivity (Wildman–Crippen MR) is 80.4 cm³/mol. The van der Waals surface area contributed by atoms with Crippen molar-refractivity contribution in [1.82, 2.24) is 5.32 Å². The van der Waals surface area contributed by atoms with Gasteiger partial charge in [0, 0.05) is 6.61 Å². The Morgan fingerprint density at radius 3 is 2.62 bits per heavy atom. The van der Waals surface area contributed by atoms with E-state index in [1.807, 2.05) is 30.3 Å². The summed E-state index contributed by atoms with van der Waals surface area (Å²) in [7, 11) is -3.54. The predicted octanol–water partition coefficient (Wildman–Crippen LogP) is 1.19. The molecule has 2 N–H and O–H groups in total. The van der Waals surface area contributed by atoms with Gasteiger partial charge in [-0.25, -0.2) is 8.42 Å². The molecule has 0 saturated heterocycles. The average molecular weight is 312 g/mol. The van der Waals surface area contributed by atoms with Crippen LogP contribution in [0.25, 0.3) is 0 Å². The number of aliphatic hydroxyl groups excluding tert-OH is 1. The van der Waals surface area contributed by atoms with Gasteiger partial charge in [0.15, 0.2) is 0 Å². The number of hydrogen-bond acceptors (Lipinski definition) is 5. The van der Waals surface area contributed by atoms with E-state index in [-0.39, 0.29) is 24.4 Å². The Hall–Kier alpha value is -1.60. The van der Waals surface area contributed by atoms with E-state index in [1.54, 1.807) is 13.8 Å². The van der Waals surface area contributed by atoms with Gasteiger partial charge >= 0.3 is 6.02 Å².